The fourth-order valence-electron chi connectivity index (χ4n) is 2.97. The van der Waals surface area contributed by atoms with Crippen LogP contribution in [-0.4, -0.2) is 25.8 Å². The summed E-state index contributed by atoms with van der Waals surface area (Å²) >= 11 is 3.34. The molecule has 4 nitrogen and oxygen atoms in total. The highest BCUT2D eigenvalue weighted by Gasteiger charge is 2.19. The number of benzene rings is 1. The molecule has 3 rings (SSSR count). The maximum atomic E-state index is 13.9. The van der Waals surface area contributed by atoms with Crippen molar-refractivity contribution in [2.45, 2.75) is 64.3 Å². The van der Waals surface area contributed by atoms with E-state index in [1.807, 2.05) is 0 Å². The van der Waals surface area contributed by atoms with Crippen LogP contribution in [0.5, 0.6) is 0 Å². The average Bonchev–Trinajstić information content (AvgIpc) is 2.63. The average molecular weight is 403 g/mol. The Hall–Kier alpha value is -0.530. The SMILES string of the molecule is Fc1ccc(COC2CCCCO2)c(COC2CCCCO2)c1Br. The lowest BCUT2D eigenvalue weighted by atomic mass is 10.1. The summed E-state index contributed by atoms with van der Waals surface area (Å²) in [7, 11) is 0. The van der Waals surface area contributed by atoms with Gasteiger partial charge in [-0.15, -0.1) is 0 Å². The highest BCUT2D eigenvalue weighted by Crippen LogP contribution is 2.28. The van der Waals surface area contributed by atoms with Crippen LogP contribution in [0.15, 0.2) is 16.6 Å². The molecule has 0 N–H and O–H groups in total. The molecular formula is C18H24BrFO4. The standard InChI is InChI=1S/C18H24BrFO4/c19-18-14(12-24-17-6-2-4-10-22-17)13(7-8-15(18)20)11-23-16-5-1-3-9-21-16/h7-8,16-17H,1-6,9-12H2. The molecule has 0 aromatic heterocycles. The second-order valence-electron chi connectivity index (χ2n) is 6.21. The lowest BCUT2D eigenvalue weighted by Gasteiger charge is -2.25. The van der Waals surface area contributed by atoms with Crippen LogP contribution in [0.1, 0.15) is 49.7 Å². The van der Waals surface area contributed by atoms with Crippen molar-refractivity contribution in [1.29, 1.82) is 0 Å². The summed E-state index contributed by atoms with van der Waals surface area (Å²) in [6.45, 7) is 2.15. The molecule has 2 fully saturated rings. The third-order valence-corrected chi connectivity index (χ3v) is 5.26. The molecule has 24 heavy (non-hydrogen) atoms. The van der Waals surface area contributed by atoms with Crippen molar-refractivity contribution in [3.05, 3.63) is 33.5 Å². The first-order valence-corrected chi connectivity index (χ1v) is 9.45. The molecule has 134 valence electrons. The topological polar surface area (TPSA) is 36.9 Å². The molecule has 2 aliphatic heterocycles. The predicted octanol–water partition coefficient (Wildman–Crippen LogP) is 4.67. The molecule has 2 saturated heterocycles. The van der Waals surface area contributed by atoms with Crippen LogP contribution < -0.4 is 0 Å². The molecule has 2 heterocycles. The normalized spacial score (nSPS) is 24.9. The van der Waals surface area contributed by atoms with Crippen LogP contribution in [0.25, 0.3) is 0 Å². The number of hydrogen-bond acceptors (Lipinski definition) is 4. The van der Waals surface area contributed by atoms with E-state index in [0.717, 1.165) is 62.9 Å². The van der Waals surface area contributed by atoms with E-state index in [4.69, 9.17) is 18.9 Å². The van der Waals surface area contributed by atoms with E-state index in [0.29, 0.717) is 17.7 Å². The third-order valence-electron chi connectivity index (χ3n) is 4.41. The molecule has 0 radical (unpaired) electrons. The molecule has 6 heteroatoms. The lowest BCUT2D eigenvalue weighted by molar-refractivity contribution is -0.173. The van der Waals surface area contributed by atoms with Gasteiger partial charge < -0.3 is 18.9 Å². The van der Waals surface area contributed by atoms with E-state index in [2.05, 4.69) is 15.9 Å². The number of rotatable bonds is 6. The minimum atomic E-state index is -0.296. The van der Waals surface area contributed by atoms with E-state index in [1.165, 1.54) is 6.07 Å². The Morgan fingerprint density at radius 2 is 1.58 bits per heavy atom. The zero-order valence-electron chi connectivity index (χ0n) is 13.8. The van der Waals surface area contributed by atoms with Gasteiger partial charge in [0.25, 0.3) is 0 Å². The Kier molecular flexibility index (Phi) is 7.04. The fourth-order valence-corrected chi connectivity index (χ4v) is 3.47. The Morgan fingerprint density at radius 1 is 0.958 bits per heavy atom. The summed E-state index contributed by atoms with van der Waals surface area (Å²) in [5.41, 5.74) is 1.69. The van der Waals surface area contributed by atoms with Gasteiger partial charge in [-0.3, -0.25) is 0 Å². The Labute approximate surface area is 150 Å². The highest BCUT2D eigenvalue weighted by molar-refractivity contribution is 9.10. The highest BCUT2D eigenvalue weighted by atomic mass is 79.9. The van der Waals surface area contributed by atoms with Crippen molar-refractivity contribution in [1.82, 2.24) is 0 Å². The van der Waals surface area contributed by atoms with Gasteiger partial charge in [0.05, 0.1) is 17.7 Å². The van der Waals surface area contributed by atoms with Crippen molar-refractivity contribution in [2.24, 2.45) is 0 Å². The minimum Gasteiger partial charge on any atom is -0.353 e. The second-order valence-corrected chi connectivity index (χ2v) is 7.01. The molecular weight excluding hydrogens is 379 g/mol. The summed E-state index contributed by atoms with van der Waals surface area (Å²) in [6.07, 6.45) is 5.80. The predicted molar refractivity (Wildman–Crippen MR) is 90.9 cm³/mol. The van der Waals surface area contributed by atoms with Crippen LogP contribution in [0.2, 0.25) is 0 Å². The number of ether oxygens (including phenoxy) is 4. The van der Waals surface area contributed by atoms with Gasteiger partial charge in [-0.05, 0) is 66.1 Å². The van der Waals surface area contributed by atoms with Crippen LogP contribution in [0.4, 0.5) is 4.39 Å². The van der Waals surface area contributed by atoms with Crippen LogP contribution >= 0.6 is 15.9 Å². The molecule has 0 amide bonds. The maximum absolute atomic E-state index is 13.9. The van der Waals surface area contributed by atoms with Gasteiger partial charge in [0.1, 0.15) is 5.82 Å². The molecule has 0 aliphatic carbocycles. The van der Waals surface area contributed by atoms with E-state index >= 15 is 0 Å². The monoisotopic (exact) mass is 402 g/mol. The Morgan fingerprint density at radius 3 is 2.17 bits per heavy atom. The van der Waals surface area contributed by atoms with E-state index in [-0.39, 0.29) is 18.4 Å². The van der Waals surface area contributed by atoms with Crippen LogP contribution in [0, 0.1) is 5.82 Å². The first-order valence-electron chi connectivity index (χ1n) is 8.66. The first kappa shape index (κ1) is 18.3. The van der Waals surface area contributed by atoms with Gasteiger partial charge in [-0.2, -0.15) is 0 Å². The summed E-state index contributed by atoms with van der Waals surface area (Å²) in [4.78, 5) is 0. The Bertz CT molecular complexity index is 528. The zero-order chi connectivity index (χ0) is 16.8. The van der Waals surface area contributed by atoms with Crippen LogP contribution in [-0.2, 0) is 32.2 Å². The lowest BCUT2D eigenvalue weighted by Crippen LogP contribution is -2.23. The van der Waals surface area contributed by atoms with Gasteiger partial charge in [0, 0.05) is 18.8 Å². The zero-order valence-corrected chi connectivity index (χ0v) is 15.4. The molecule has 0 saturated carbocycles. The van der Waals surface area contributed by atoms with Crippen molar-refractivity contribution >= 4 is 15.9 Å². The van der Waals surface area contributed by atoms with Gasteiger partial charge in [0.15, 0.2) is 12.6 Å². The van der Waals surface area contributed by atoms with Gasteiger partial charge >= 0.3 is 0 Å². The molecule has 1 aromatic rings. The number of halogens is 2. The summed E-state index contributed by atoms with van der Waals surface area (Å²) in [5, 5.41) is 0. The summed E-state index contributed by atoms with van der Waals surface area (Å²) < 4.78 is 37.2. The fraction of sp³-hybridized carbons (Fsp3) is 0.667. The van der Waals surface area contributed by atoms with Crippen molar-refractivity contribution < 1.29 is 23.3 Å². The largest absolute Gasteiger partial charge is 0.353 e. The minimum absolute atomic E-state index is 0.168. The van der Waals surface area contributed by atoms with Crippen LogP contribution in [0.3, 0.4) is 0 Å². The van der Waals surface area contributed by atoms with E-state index < -0.39 is 0 Å². The molecule has 0 spiro atoms. The van der Waals surface area contributed by atoms with E-state index in [9.17, 15) is 4.39 Å². The smallest absolute Gasteiger partial charge is 0.158 e. The first-order chi connectivity index (χ1) is 11.7. The quantitative estimate of drug-likeness (QED) is 0.692. The third kappa shape index (κ3) is 4.99. The summed E-state index contributed by atoms with van der Waals surface area (Å²) in [6, 6.07) is 3.20. The second kappa shape index (κ2) is 9.25. The maximum Gasteiger partial charge on any atom is 0.158 e. The molecule has 0 bridgehead atoms. The molecule has 2 unspecified atom stereocenters. The van der Waals surface area contributed by atoms with Gasteiger partial charge in [-0.1, -0.05) is 6.07 Å². The molecule has 2 atom stereocenters. The van der Waals surface area contributed by atoms with Gasteiger partial charge in [-0.25, -0.2) is 4.39 Å². The van der Waals surface area contributed by atoms with Crippen molar-refractivity contribution in [2.75, 3.05) is 13.2 Å². The molecule has 1 aromatic carbocycles. The summed E-state index contributed by atoms with van der Waals surface area (Å²) in [5.74, 6) is -0.296. The Balaban J connectivity index is 1.62. The van der Waals surface area contributed by atoms with Crippen molar-refractivity contribution in [3.63, 3.8) is 0 Å². The van der Waals surface area contributed by atoms with E-state index in [1.54, 1.807) is 6.07 Å². The van der Waals surface area contributed by atoms with Gasteiger partial charge in [0.2, 0.25) is 0 Å². The van der Waals surface area contributed by atoms with Crippen molar-refractivity contribution in [3.8, 4) is 0 Å². The molecule has 2 aliphatic rings. The number of hydrogen-bond donors (Lipinski definition) is 0.